The number of nitro groups is 1. The van der Waals surface area contributed by atoms with E-state index in [4.69, 9.17) is 9.47 Å². The van der Waals surface area contributed by atoms with E-state index in [1.165, 1.54) is 12.1 Å². The first-order chi connectivity index (χ1) is 27.4. The van der Waals surface area contributed by atoms with E-state index in [0.717, 1.165) is 34.0 Å². The summed E-state index contributed by atoms with van der Waals surface area (Å²) in [6.07, 6.45) is 1.11. The first-order valence-electron chi connectivity index (χ1n) is 19.7. The number of nitro benzene ring substituents is 1. The van der Waals surface area contributed by atoms with Crippen molar-refractivity contribution >= 4 is 48.0 Å². The van der Waals surface area contributed by atoms with Crippen LogP contribution in [-0.4, -0.2) is 73.1 Å². The monoisotopic (exact) mass is 788 g/mol. The number of fused-ring (bicyclic) bond motifs is 3. The van der Waals surface area contributed by atoms with Gasteiger partial charge in [-0.2, -0.15) is 0 Å². The predicted molar refractivity (Wildman–Crippen MR) is 218 cm³/mol. The third-order valence-electron chi connectivity index (χ3n) is 13.0. The Kier molecular flexibility index (Phi) is 10.0. The molecular weight excluding hydrogens is 741 g/mol. The van der Waals surface area contributed by atoms with E-state index in [9.17, 15) is 24.8 Å². The number of non-ortho nitro benzene ring substituents is 1. The highest BCUT2D eigenvalue weighted by molar-refractivity contribution is 6.91. The molecule has 12 nitrogen and oxygen atoms in total. The number of ether oxygens (including phenoxy) is 2. The highest BCUT2D eigenvalue weighted by Gasteiger charge is 2.67. The lowest BCUT2D eigenvalue weighted by molar-refractivity contribution is -0.385. The number of methoxy groups -OCH3 is 1. The minimum Gasteiger partial charge on any atom is -0.497 e. The fraction of sp³-hybridized carbons (Fsp3) is 0.386. The lowest BCUT2D eigenvalue weighted by Crippen LogP contribution is -2.52. The number of benzene rings is 4. The molecule has 8 rings (SSSR count). The summed E-state index contributed by atoms with van der Waals surface area (Å²) in [7, 11) is -1.03. The van der Waals surface area contributed by atoms with Crippen molar-refractivity contribution in [1.29, 1.82) is 0 Å². The van der Waals surface area contributed by atoms with Crippen molar-refractivity contribution in [3.05, 3.63) is 123 Å². The average Bonchev–Trinajstić information content (AvgIpc) is 3.85. The number of carbonyl (C=O) groups is 3. The zero-order chi connectivity index (χ0) is 40.2. The van der Waals surface area contributed by atoms with E-state index < -0.39 is 36.7 Å². The second-order valence-corrected chi connectivity index (χ2v) is 21.0. The van der Waals surface area contributed by atoms with Gasteiger partial charge in [0.15, 0.2) is 5.60 Å². The van der Waals surface area contributed by atoms with Crippen molar-refractivity contribution in [1.82, 2.24) is 4.90 Å². The molecule has 13 heteroatoms. The Bertz CT molecular complexity index is 2230. The van der Waals surface area contributed by atoms with Crippen LogP contribution in [-0.2, 0) is 44.2 Å². The summed E-state index contributed by atoms with van der Waals surface area (Å²) in [6.45, 7) is 7.44. The summed E-state index contributed by atoms with van der Waals surface area (Å²) >= 11 is 0. The predicted octanol–water partition coefficient (Wildman–Crippen LogP) is 5.83. The van der Waals surface area contributed by atoms with Gasteiger partial charge in [0.2, 0.25) is 11.8 Å². The van der Waals surface area contributed by atoms with Crippen LogP contribution in [0, 0.1) is 16.0 Å². The molecule has 2 fully saturated rings. The molecule has 0 aliphatic carbocycles. The standard InChI is InChI=1S/C44H48N4O8Si/c1-28-42(57(3,4)36-18-16-35(55-2)17-19-36)39(24-41(51)46-26-31-9-6-5-8-30(31)22-34(46)27-49)56-44(28)37-23-33(48(53)54)15-20-38(37)47(43(44)52)25-29-11-13-32(14-12-29)45-21-7-10-40(45)50/h5-6,8-9,11-20,23,28,34,39,42,49H,7,10,21-22,24-27H2,1-4H3/t28-,34-,39+,42-,44+/m0/s1. The van der Waals surface area contributed by atoms with Crippen LogP contribution >= 0.6 is 0 Å². The summed E-state index contributed by atoms with van der Waals surface area (Å²) in [4.78, 5) is 59.3. The van der Waals surface area contributed by atoms with Gasteiger partial charge < -0.3 is 29.3 Å². The number of anilines is 2. The van der Waals surface area contributed by atoms with Crippen LogP contribution in [0.25, 0.3) is 0 Å². The fourth-order valence-electron chi connectivity index (χ4n) is 9.99. The molecule has 0 bridgehead atoms. The average molecular weight is 789 g/mol. The Morgan fingerprint density at radius 3 is 2.39 bits per heavy atom. The Balaban J connectivity index is 1.19. The number of aliphatic hydroxyl groups excluding tert-OH is 1. The molecule has 4 aromatic carbocycles. The molecule has 5 atom stereocenters. The van der Waals surface area contributed by atoms with Gasteiger partial charge in [0, 0.05) is 48.8 Å². The van der Waals surface area contributed by atoms with Crippen LogP contribution in [0.1, 0.15) is 48.4 Å². The maximum absolute atomic E-state index is 15.3. The van der Waals surface area contributed by atoms with Crippen molar-refractivity contribution in [3.63, 3.8) is 0 Å². The van der Waals surface area contributed by atoms with Crippen LogP contribution in [0.2, 0.25) is 18.6 Å². The second kappa shape index (κ2) is 14.9. The summed E-state index contributed by atoms with van der Waals surface area (Å²) in [5, 5.41) is 23.8. The Labute approximate surface area is 333 Å². The lowest BCUT2D eigenvalue weighted by atomic mass is 9.82. The Morgan fingerprint density at radius 1 is 1.02 bits per heavy atom. The van der Waals surface area contributed by atoms with Crippen molar-refractivity contribution in [2.24, 2.45) is 5.92 Å². The number of nitrogens with zero attached hydrogens (tertiary/aromatic N) is 4. The Morgan fingerprint density at radius 2 is 1.74 bits per heavy atom. The molecule has 0 radical (unpaired) electrons. The molecule has 4 aliphatic rings. The Hall–Kier alpha value is -5.37. The van der Waals surface area contributed by atoms with E-state index >= 15 is 4.79 Å². The van der Waals surface area contributed by atoms with Crippen molar-refractivity contribution < 1.29 is 33.9 Å². The minimum atomic E-state index is -2.65. The van der Waals surface area contributed by atoms with E-state index in [2.05, 4.69) is 13.1 Å². The molecule has 296 valence electrons. The maximum atomic E-state index is 15.3. The smallest absolute Gasteiger partial charge is 0.269 e. The molecule has 3 amide bonds. The third-order valence-corrected chi connectivity index (χ3v) is 17.3. The topological polar surface area (TPSA) is 143 Å². The molecule has 0 saturated carbocycles. The molecule has 0 aromatic heterocycles. The maximum Gasteiger partial charge on any atom is 0.269 e. The lowest BCUT2D eigenvalue weighted by Gasteiger charge is -2.39. The molecule has 4 aromatic rings. The number of hydrogen-bond acceptors (Lipinski definition) is 8. The minimum absolute atomic E-state index is 0.0315. The van der Waals surface area contributed by atoms with Crippen LogP contribution < -0.4 is 19.7 Å². The molecule has 4 aliphatic heterocycles. The highest BCUT2D eigenvalue weighted by Crippen LogP contribution is 2.60. The SMILES string of the molecule is COc1ccc([Si](C)(C)[C@@H]2[C@@H](CC(=O)N3Cc4ccccc4C[C@H]3CO)O[C@]3(C(=O)N(Cc4ccc(N5CCCC5=O)cc4)c4ccc([N+](=O)[O-])cc43)[C@H]2C)cc1. The van der Waals surface area contributed by atoms with Crippen LogP contribution in [0.5, 0.6) is 5.75 Å². The number of rotatable bonds is 10. The molecule has 2 saturated heterocycles. The van der Waals surface area contributed by atoms with Gasteiger partial charge in [-0.25, -0.2) is 0 Å². The molecule has 1 N–H and O–H groups in total. The van der Waals surface area contributed by atoms with Gasteiger partial charge in [-0.05, 0) is 65.4 Å². The number of hydrogen-bond donors (Lipinski definition) is 1. The van der Waals surface area contributed by atoms with Gasteiger partial charge in [0.1, 0.15) is 5.75 Å². The third kappa shape index (κ3) is 6.51. The van der Waals surface area contributed by atoms with E-state index in [1.54, 1.807) is 27.9 Å². The van der Waals surface area contributed by atoms with Crippen LogP contribution in [0.3, 0.4) is 0 Å². The molecule has 1 spiro atoms. The van der Waals surface area contributed by atoms with E-state index in [1.807, 2.05) is 79.7 Å². The zero-order valence-electron chi connectivity index (χ0n) is 32.7. The number of amides is 3. The first kappa shape index (κ1) is 38.5. The summed E-state index contributed by atoms with van der Waals surface area (Å²) in [6, 6.07) is 27.6. The van der Waals surface area contributed by atoms with Gasteiger partial charge in [0.05, 0.1) is 57.5 Å². The largest absolute Gasteiger partial charge is 0.497 e. The van der Waals surface area contributed by atoms with Gasteiger partial charge in [0.25, 0.3) is 11.6 Å². The van der Waals surface area contributed by atoms with Crippen LogP contribution in [0.4, 0.5) is 17.1 Å². The fourth-order valence-corrected chi connectivity index (χ4v) is 14.0. The van der Waals surface area contributed by atoms with Crippen LogP contribution in [0.15, 0.2) is 91.0 Å². The van der Waals surface area contributed by atoms with E-state index in [-0.39, 0.29) is 48.5 Å². The van der Waals surface area contributed by atoms with Crippen molar-refractivity contribution in [3.8, 4) is 5.75 Å². The zero-order valence-corrected chi connectivity index (χ0v) is 33.7. The number of aliphatic hydroxyl groups is 1. The molecule has 57 heavy (non-hydrogen) atoms. The van der Waals surface area contributed by atoms with Crippen molar-refractivity contribution in [2.75, 3.05) is 30.1 Å². The van der Waals surface area contributed by atoms with Crippen molar-refractivity contribution in [2.45, 2.75) is 82.1 Å². The first-order valence-corrected chi connectivity index (χ1v) is 22.7. The molecule has 4 heterocycles. The van der Waals surface area contributed by atoms with Gasteiger partial charge >= 0.3 is 0 Å². The molecule has 0 unspecified atom stereocenters. The molecular formula is C44H48N4O8Si. The summed E-state index contributed by atoms with van der Waals surface area (Å²) in [5.74, 6) is -0.199. The van der Waals surface area contributed by atoms with E-state index in [0.29, 0.717) is 42.9 Å². The van der Waals surface area contributed by atoms with Gasteiger partial charge in [-0.1, -0.05) is 73.7 Å². The van der Waals surface area contributed by atoms with Gasteiger partial charge in [-0.15, -0.1) is 0 Å². The van der Waals surface area contributed by atoms with Gasteiger partial charge in [-0.3, -0.25) is 24.5 Å². The normalized spacial score (nSPS) is 24.3. The summed E-state index contributed by atoms with van der Waals surface area (Å²) in [5.41, 5.74) is 2.66. The second-order valence-electron chi connectivity index (χ2n) is 16.4. The highest BCUT2D eigenvalue weighted by atomic mass is 28.3. The quantitative estimate of drug-likeness (QED) is 0.120. The number of carbonyl (C=O) groups excluding carboxylic acids is 3. The summed E-state index contributed by atoms with van der Waals surface area (Å²) < 4.78 is 12.6.